The second-order valence-electron chi connectivity index (χ2n) is 3.71. The van der Waals surface area contributed by atoms with Crippen LogP contribution in [-0.2, 0) is 4.74 Å². The third-order valence-electron chi connectivity index (χ3n) is 2.68. The Balaban J connectivity index is 2.87. The van der Waals surface area contributed by atoms with Crippen LogP contribution >= 0.6 is 0 Å². The number of methoxy groups -OCH3 is 1. The Bertz CT molecular complexity index is 315. The van der Waals surface area contributed by atoms with Crippen LogP contribution in [0, 0.1) is 0 Å². The molecule has 1 rings (SSSR count). The molecule has 3 nitrogen and oxygen atoms in total. The van der Waals surface area contributed by atoms with E-state index in [1.54, 1.807) is 7.11 Å². The van der Waals surface area contributed by atoms with E-state index in [4.69, 9.17) is 9.47 Å². The maximum absolute atomic E-state index is 5.49. The van der Waals surface area contributed by atoms with Crippen LogP contribution in [0.1, 0.15) is 25.5 Å². The summed E-state index contributed by atoms with van der Waals surface area (Å²) in [7, 11) is 3.66. The minimum absolute atomic E-state index is 0.127. The first kappa shape index (κ1) is 13.0. The first-order valence-electron chi connectivity index (χ1n) is 5.65. The smallest absolute Gasteiger partial charge is 0.119 e. The molecule has 1 aromatic carbocycles. The summed E-state index contributed by atoms with van der Waals surface area (Å²) in [5, 5.41) is 3.26. The third-order valence-corrected chi connectivity index (χ3v) is 2.68. The van der Waals surface area contributed by atoms with Crippen molar-refractivity contribution in [3.8, 4) is 5.75 Å². The summed E-state index contributed by atoms with van der Waals surface area (Å²) >= 11 is 0. The Morgan fingerprint density at radius 2 is 2.12 bits per heavy atom. The average molecular weight is 223 g/mol. The van der Waals surface area contributed by atoms with Gasteiger partial charge in [-0.1, -0.05) is 12.1 Å². The summed E-state index contributed by atoms with van der Waals surface area (Å²) < 4.78 is 10.8. The van der Waals surface area contributed by atoms with Crippen molar-refractivity contribution in [2.75, 3.05) is 20.8 Å². The molecule has 0 aliphatic rings. The molecule has 0 saturated heterocycles. The van der Waals surface area contributed by atoms with Gasteiger partial charge in [-0.2, -0.15) is 0 Å². The molecule has 0 radical (unpaired) electrons. The molecule has 2 atom stereocenters. The quantitative estimate of drug-likeness (QED) is 0.803. The monoisotopic (exact) mass is 223 g/mol. The molecule has 0 spiro atoms. The van der Waals surface area contributed by atoms with Gasteiger partial charge in [-0.05, 0) is 38.6 Å². The van der Waals surface area contributed by atoms with Crippen LogP contribution in [0.4, 0.5) is 0 Å². The van der Waals surface area contributed by atoms with Crippen molar-refractivity contribution in [3.63, 3.8) is 0 Å². The van der Waals surface area contributed by atoms with E-state index in [0.29, 0.717) is 6.61 Å². The molecule has 0 heterocycles. The summed E-state index contributed by atoms with van der Waals surface area (Å²) in [4.78, 5) is 0. The predicted octanol–water partition coefficient (Wildman–Crippen LogP) is 2.38. The second-order valence-corrected chi connectivity index (χ2v) is 3.71. The Labute approximate surface area is 97.8 Å². The van der Waals surface area contributed by atoms with E-state index in [-0.39, 0.29) is 12.1 Å². The molecule has 0 aliphatic carbocycles. The molecule has 0 amide bonds. The molecule has 90 valence electrons. The van der Waals surface area contributed by atoms with Crippen LogP contribution in [0.25, 0.3) is 0 Å². The van der Waals surface area contributed by atoms with Gasteiger partial charge in [0.05, 0.1) is 18.8 Å². The number of ether oxygens (including phenoxy) is 2. The maximum Gasteiger partial charge on any atom is 0.119 e. The molecular formula is C13H21NO2. The lowest BCUT2D eigenvalue weighted by molar-refractivity contribution is 0.0856. The summed E-state index contributed by atoms with van der Waals surface area (Å²) in [6.07, 6.45) is 0.127. The highest BCUT2D eigenvalue weighted by Gasteiger charge is 2.17. The van der Waals surface area contributed by atoms with Gasteiger partial charge in [-0.3, -0.25) is 0 Å². The Morgan fingerprint density at radius 1 is 1.38 bits per heavy atom. The number of benzene rings is 1. The van der Waals surface area contributed by atoms with Gasteiger partial charge in [0, 0.05) is 7.11 Å². The zero-order chi connectivity index (χ0) is 12.0. The first-order valence-corrected chi connectivity index (χ1v) is 5.65. The lowest BCUT2D eigenvalue weighted by atomic mass is 10.0. The van der Waals surface area contributed by atoms with Crippen LogP contribution in [0.5, 0.6) is 5.75 Å². The zero-order valence-corrected chi connectivity index (χ0v) is 10.5. The van der Waals surface area contributed by atoms with E-state index in [9.17, 15) is 0 Å². The number of hydrogen-bond acceptors (Lipinski definition) is 3. The Morgan fingerprint density at radius 3 is 2.69 bits per heavy atom. The number of likely N-dealkylation sites (N-methyl/N-ethyl adjacent to an activating group) is 1. The molecule has 0 aromatic heterocycles. The van der Waals surface area contributed by atoms with E-state index in [1.807, 2.05) is 26.1 Å². The molecule has 1 aromatic rings. The second kappa shape index (κ2) is 6.51. The summed E-state index contributed by atoms with van der Waals surface area (Å²) in [6, 6.07) is 8.30. The topological polar surface area (TPSA) is 30.5 Å². The standard InChI is InChI=1S/C13H21NO2/c1-5-16-12-8-6-7-11(9-12)13(14-3)10(2)15-4/h6-10,13-14H,5H2,1-4H3. The Hall–Kier alpha value is -1.06. The maximum atomic E-state index is 5.49. The largest absolute Gasteiger partial charge is 0.494 e. The van der Waals surface area contributed by atoms with Crippen molar-refractivity contribution in [1.29, 1.82) is 0 Å². The van der Waals surface area contributed by atoms with Gasteiger partial charge in [0.15, 0.2) is 0 Å². The van der Waals surface area contributed by atoms with Crippen molar-refractivity contribution in [3.05, 3.63) is 29.8 Å². The van der Waals surface area contributed by atoms with Crippen molar-refractivity contribution < 1.29 is 9.47 Å². The number of nitrogens with one attached hydrogen (secondary N) is 1. The summed E-state index contributed by atoms with van der Waals surface area (Å²) in [5.41, 5.74) is 1.18. The van der Waals surface area contributed by atoms with Gasteiger partial charge in [-0.25, -0.2) is 0 Å². The van der Waals surface area contributed by atoms with E-state index in [2.05, 4.69) is 24.4 Å². The molecule has 1 N–H and O–H groups in total. The molecule has 16 heavy (non-hydrogen) atoms. The molecule has 0 aliphatic heterocycles. The van der Waals surface area contributed by atoms with E-state index in [0.717, 1.165) is 5.75 Å². The van der Waals surface area contributed by atoms with Gasteiger partial charge in [0.2, 0.25) is 0 Å². The zero-order valence-electron chi connectivity index (χ0n) is 10.5. The molecule has 0 saturated carbocycles. The lowest BCUT2D eigenvalue weighted by Crippen LogP contribution is -2.28. The first-order chi connectivity index (χ1) is 7.72. The average Bonchev–Trinajstić information content (AvgIpc) is 2.31. The third kappa shape index (κ3) is 3.22. The van der Waals surface area contributed by atoms with Crippen molar-refractivity contribution >= 4 is 0 Å². The molecule has 2 unspecified atom stereocenters. The fourth-order valence-electron chi connectivity index (χ4n) is 1.77. The fourth-order valence-corrected chi connectivity index (χ4v) is 1.77. The molecule has 0 fully saturated rings. The minimum Gasteiger partial charge on any atom is -0.494 e. The predicted molar refractivity (Wildman–Crippen MR) is 65.9 cm³/mol. The Kier molecular flexibility index (Phi) is 5.29. The van der Waals surface area contributed by atoms with Gasteiger partial charge >= 0.3 is 0 Å². The normalized spacial score (nSPS) is 14.5. The van der Waals surface area contributed by atoms with E-state index >= 15 is 0 Å². The van der Waals surface area contributed by atoms with Crippen LogP contribution in [0.15, 0.2) is 24.3 Å². The van der Waals surface area contributed by atoms with Gasteiger partial charge in [-0.15, -0.1) is 0 Å². The lowest BCUT2D eigenvalue weighted by Gasteiger charge is -2.23. The van der Waals surface area contributed by atoms with E-state index < -0.39 is 0 Å². The molecular weight excluding hydrogens is 202 g/mol. The fraction of sp³-hybridized carbons (Fsp3) is 0.538. The van der Waals surface area contributed by atoms with E-state index in [1.165, 1.54) is 5.56 Å². The molecule has 0 bridgehead atoms. The minimum atomic E-state index is 0.127. The van der Waals surface area contributed by atoms with Crippen LogP contribution < -0.4 is 10.1 Å². The number of rotatable bonds is 6. The van der Waals surface area contributed by atoms with Gasteiger partial charge in [0.1, 0.15) is 5.75 Å². The number of hydrogen-bond donors (Lipinski definition) is 1. The molecule has 3 heteroatoms. The highest BCUT2D eigenvalue weighted by atomic mass is 16.5. The highest BCUT2D eigenvalue weighted by Crippen LogP contribution is 2.22. The summed E-state index contributed by atoms with van der Waals surface area (Å²) in [5.74, 6) is 0.906. The van der Waals surface area contributed by atoms with Crippen LogP contribution in [0.2, 0.25) is 0 Å². The van der Waals surface area contributed by atoms with Crippen molar-refractivity contribution in [2.24, 2.45) is 0 Å². The van der Waals surface area contributed by atoms with Gasteiger partial charge < -0.3 is 14.8 Å². The highest BCUT2D eigenvalue weighted by molar-refractivity contribution is 5.31. The van der Waals surface area contributed by atoms with Crippen molar-refractivity contribution in [1.82, 2.24) is 5.32 Å². The SMILES string of the molecule is CCOc1cccc(C(NC)C(C)OC)c1. The van der Waals surface area contributed by atoms with Crippen LogP contribution in [0.3, 0.4) is 0 Å². The van der Waals surface area contributed by atoms with Gasteiger partial charge in [0.25, 0.3) is 0 Å². The summed E-state index contributed by atoms with van der Waals surface area (Å²) in [6.45, 7) is 4.72. The van der Waals surface area contributed by atoms with Crippen LogP contribution in [-0.4, -0.2) is 26.9 Å². The van der Waals surface area contributed by atoms with Crippen molar-refractivity contribution in [2.45, 2.75) is 26.0 Å².